The third-order valence-electron chi connectivity index (χ3n) is 4.74. The van der Waals surface area contributed by atoms with Crippen molar-refractivity contribution in [2.24, 2.45) is 7.05 Å². The van der Waals surface area contributed by atoms with E-state index in [0.717, 1.165) is 24.2 Å². The lowest BCUT2D eigenvalue weighted by molar-refractivity contribution is 0.0901. The molecule has 1 aliphatic carbocycles. The Bertz CT molecular complexity index is 990. The zero-order valence-electron chi connectivity index (χ0n) is 14.3. The second-order valence-electron chi connectivity index (χ2n) is 6.59. The maximum atomic E-state index is 12.5. The number of hydrogen-bond donors (Lipinski definition) is 2. The fourth-order valence-corrected chi connectivity index (χ4v) is 3.47. The van der Waals surface area contributed by atoms with Gasteiger partial charge in [-0.1, -0.05) is 11.6 Å². The Morgan fingerprint density at radius 2 is 2.19 bits per heavy atom. The van der Waals surface area contributed by atoms with E-state index in [2.05, 4.69) is 25.6 Å². The molecule has 0 atom stereocenters. The number of rotatable bonds is 4. The minimum Gasteiger partial charge on any atom is -0.388 e. The summed E-state index contributed by atoms with van der Waals surface area (Å²) in [6, 6.07) is 0.0253. The van der Waals surface area contributed by atoms with Gasteiger partial charge in [-0.25, -0.2) is 9.50 Å². The molecule has 0 bridgehead atoms. The van der Waals surface area contributed by atoms with Crippen molar-refractivity contribution in [3.05, 3.63) is 40.3 Å². The number of amides is 1. The van der Waals surface area contributed by atoms with Crippen LogP contribution in [0.2, 0.25) is 5.02 Å². The lowest BCUT2D eigenvalue weighted by Crippen LogP contribution is -2.44. The van der Waals surface area contributed by atoms with Crippen molar-refractivity contribution in [2.75, 3.05) is 0 Å². The summed E-state index contributed by atoms with van der Waals surface area (Å²) in [5.41, 5.74) is 1.57. The number of aliphatic hydroxyl groups excluding tert-OH is 1. The Morgan fingerprint density at radius 3 is 2.88 bits per heavy atom. The van der Waals surface area contributed by atoms with Gasteiger partial charge in [0.15, 0.2) is 17.2 Å². The number of nitrogens with zero attached hydrogens (tertiary/aromatic N) is 6. The van der Waals surface area contributed by atoms with Crippen molar-refractivity contribution in [2.45, 2.75) is 38.3 Å². The molecule has 3 heterocycles. The minimum atomic E-state index is -0.310. The fraction of sp³-hybridized carbons (Fsp3) is 0.438. The molecule has 1 aliphatic rings. The number of aryl methyl sites for hydroxylation is 1. The van der Waals surface area contributed by atoms with Crippen molar-refractivity contribution in [1.29, 1.82) is 0 Å². The number of hydrogen-bond acceptors (Lipinski definition) is 6. The maximum absolute atomic E-state index is 12.5. The first-order chi connectivity index (χ1) is 12.5. The van der Waals surface area contributed by atoms with Gasteiger partial charge in [0.25, 0.3) is 5.91 Å². The average Bonchev–Trinajstić information content (AvgIpc) is 3.10. The first-order valence-corrected chi connectivity index (χ1v) is 8.66. The van der Waals surface area contributed by atoms with E-state index in [1.807, 2.05) is 14.0 Å². The summed E-state index contributed by atoms with van der Waals surface area (Å²) in [4.78, 5) is 16.7. The second kappa shape index (κ2) is 6.33. The molecule has 10 heteroatoms. The zero-order chi connectivity index (χ0) is 18.4. The molecule has 1 amide bonds. The summed E-state index contributed by atoms with van der Waals surface area (Å²) in [6.07, 6.45) is 4.97. The highest BCUT2D eigenvalue weighted by Gasteiger charge is 2.35. The molecule has 9 nitrogen and oxygen atoms in total. The second-order valence-corrected chi connectivity index (χ2v) is 6.97. The molecule has 26 heavy (non-hydrogen) atoms. The molecule has 3 aromatic rings. The molecule has 0 aliphatic heterocycles. The highest BCUT2D eigenvalue weighted by Crippen LogP contribution is 2.36. The topological polar surface area (TPSA) is 110 Å². The van der Waals surface area contributed by atoms with Gasteiger partial charge < -0.3 is 15.0 Å². The van der Waals surface area contributed by atoms with Gasteiger partial charge in [0.1, 0.15) is 17.5 Å². The van der Waals surface area contributed by atoms with E-state index in [0.29, 0.717) is 11.5 Å². The monoisotopic (exact) mass is 375 g/mol. The van der Waals surface area contributed by atoms with Crippen LogP contribution in [0.5, 0.6) is 0 Å². The van der Waals surface area contributed by atoms with Gasteiger partial charge in [-0.2, -0.15) is 5.10 Å². The molecule has 1 saturated carbocycles. The van der Waals surface area contributed by atoms with E-state index < -0.39 is 0 Å². The van der Waals surface area contributed by atoms with Crippen molar-refractivity contribution < 1.29 is 9.90 Å². The molecule has 0 radical (unpaired) electrons. The van der Waals surface area contributed by atoms with Gasteiger partial charge in [0, 0.05) is 31.4 Å². The minimum absolute atomic E-state index is 0.0253. The number of carbonyl (C=O) groups excluding carboxylic acids is 1. The quantitative estimate of drug-likeness (QED) is 0.703. The average molecular weight is 376 g/mol. The summed E-state index contributed by atoms with van der Waals surface area (Å²) >= 11 is 6.26. The maximum Gasteiger partial charge on any atom is 0.273 e. The van der Waals surface area contributed by atoms with E-state index in [1.165, 1.54) is 4.52 Å². The van der Waals surface area contributed by atoms with E-state index in [-0.39, 0.29) is 35.2 Å². The van der Waals surface area contributed by atoms with Gasteiger partial charge in [-0.15, -0.1) is 10.2 Å². The third-order valence-corrected chi connectivity index (χ3v) is 5.09. The zero-order valence-corrected chi connectivity index (χ0v) is 15.1. The third kappa shape index (κ3) is 2.73. The van der Waals surface area contributed by atoms with Crippen molar-refractivity contribution in [3.63, 3.8) is 0 Å². The lowest BCUT2D eigenvalue weighted by atomic mass is 9.79. The van der Waals surface area contributed by atoms with Crippen LogP contribution in [0.25, 0.3) is 5.65 Å². The van der Waals surface area contributed by atoms with Crippen LogP contribution in [0, 0.1) is 6.92 Å². The number of aliphatic hydroxyl groups is 1. The molecule has 136 valence electrons. The molecule has 4 rings (SSSR count). The summed E-state index contributed by atoms with van der Waals surface area (Å²) in [5, 5.41) is 24.7. The molecule has 0 spiro atoms. The predicted octanol–water partition coefficient (Wildman–Crippen LogP) is 0.988. The fourth-order valence-electron chi connectivity index (χ4n) is 3.21. The van der Waals surface area contributed by atoms with Crippen LogP contribution in [-0.2, 0) is 13.7 Å². The smallest absolute Gasteiger partial charge is 0.273 e. The SMILES string of the molecule is Cc1cnc2c(Cl)c(C(=O)NC3CC(c4nnc(CO)n4C)C3)nn2c1. The molecule has 0 aromatic carbocycles. The van der Waals surface area contributed by atoms with E-state index >= 15 is 0 Å². The van der Waals surface area contributed by atoms with Crippen LogP contribution >= 0.6 is 11.6 Å². The van der Waals surface area contributed by atoms with Gasteiger partial charge >= 0.3 is 0 Å². The molecular formula is C16H18ClN7O2. The lowest BCUT2D eigenvalue weighted by Gasteiger charge is -2.34. The van der Waals surface area contributed by atoms with Crippen LogP contribution in [-0.4, -0.2) is 46.4 Å². The first kappa shape index (κ1) is 16.9. The van der Waals surface area contributed by atoms with E-state index in [4.69, 9.17) is 11.6 Å². The standard InChI is InChI=1S/C16H18ClN7O2/c1-8-5-18-15-12(17)13(22-24(15)6-8)16(26)19-10-3-9(4-10)14-21-20-11(7-25)23(14)2/h5-6,9-10,25H,3-4,7H2,1-2H3,(H,19,26). The van der Waals surface area contributed by atoms with Crippen LogP contribution in [0.4, 0.5) is 0 Å². The summed E-state index contributed by atoms with van der Waals surface area (Å²) in [6.45, 7) is 1.75. The molecule has 0 unspecified atom stereocenters. The van der Waals surface area contributed by atoms with Crippen LogP contribution < -0.4 is 5.32 Å². The number of halogens is 1. The Hall–Kier alpha value is -2.52. The van der Waals surface area contributed by atoms with Gasteiger partial charge in [-0.05, 0) is 25.3 Å². The predicted molar refractivity (Wildman–Crippen MR) is 92.9 cm³/mol. The summed E-state index contributed by atoms with van der Waals surface area (Å²) < 4.78 is 3.32. The van der Waals surface area contributed by atoms with Gasteiger partial charge in [0.2, 0.25) is 0 Å². The number of carbonyl (C=O) groups is 1. The van der Waals surface area contributed by atoms with Crippen molar-refractivity contribution in [1.82, 2.24) is 34.7 Å². The summed E-state index contributed by atoms with van der Waals surface area (Å²) in [5.74, 6) is 1.26. The molecule has 2 N–H and O–H groups in total. The number of fused-ring (bicyclic) bond motifs is 1. The van der Waals surface area contributed by atoms with E-state index in [9.17, 15) is 9.90 Å². The first-order valence-electron chi connectivity index (χ1n) is 8.28. The Kier molecular flexibility index (Phi) is 4.12. The highest BCUT2D eigenvalue weighted by molar-refractivity contribution is 6.36. The van der Waals surface area contributed by atoms with Gasteiger partial charge in [-0.3, -0.25) is 4.79 Å². The number of aromatic nitrogens is 6. The molecule has 1 fully saturated rings. The Morgan fingerprint density at radius 1 is 1.42 bits per heavy atom. The number of nitrogens with one attached hydrogen (secondary N) is 1. The van der Waals surface area contributed by atoms with Crippen LogP contribution in [0.3, 0.4) is 0 Å². The largest absolute Gasteiger partial charge is 0.388 e. The van der Waals surface area contributed by atoms with Crippen LogP contribution in [0.15, 0.2) is 12.4 Å². The normalized spacial score (nSPS) is 19.5. The van der Waals surface area contributed by atoms with Crippen LogP contribution in [0.1, 0.15) is 46.5 Å². The molecule has 3 aromatic heterocycles. The van der Waals surface area contributed by atoms with Crippen molar-refractivity contribution >= 4 is 23.2 Å². The molecular weight excluding hydrogens is 358 g/mol. The summed E-state index contributed by atoms with van der Waals surface area (Å²) in [7, 11) is 1.83. The van der Waals surface area contributed by atoms with Crippen molar-refractivity contribution in [3.8, 4) is 0 Å². The highest BCUT2D eigenvalue weighted by atomic mass is 35.5. The Labute approximate surface area is 154 Å². The van der Waals surface area contributed by atoms with Gasteiger partial charge in [0.05, 0.1) is 0 Å². The Balaban J connectivity index is 1.44. The molecule has 0 saturated heterocycles. The van der Waals surface area contributed by atoms with E-state index in [1.54, 1.807) is 17.0 Å².